The zero-order chi connectivity index (χ0) is 21.8. The minimum Gasteiger partial charge on any atom is -0.495 e. The second kappa shape index (κ2) is 9.39. The summed E-state index contributed by atoms with van der Waals surface area (Å²) in [6.45, 7) is 4.60. The van der Waals surface area contributed by atoms with Gasteiger partial charge < -0.3 is 19.7 Å². The summed E-state index contributed by atoms with van der Waals surface area (Å²) in [5.41, 5.74) is 2.46. The minimum atomic E-state index is -0.464. The molecule has 0 saturated carbocycles. The van der Waals surface area contributed by atoms with E-state index in [1.165, 1.54) is 14.2 Å². The zero-order valence-corrected chi connectivity index (χ0v) is 18.5. The van der Waals surface area contributed by atoms with Gasteiger partial charge in [-0.15, -0.1) is 0 Å². The lowest BCUT2D eigenvalue weighted by Crippen LogP contribution is -2.29. The van der Waals surface area contributed by atoms with Crippen molar-refractivity contribution < 1.29 is 19.1 Å². The Labute approximate surface area is 182 Å². The molecule has 0 aromatic heterocycles. The summed E-state index contributed by atoms with van der Waals surface area (Å²) in [7, 11) is 3.00. The first-order valence-electron chi connectivity index (χ1n) is 10.0. The van der Waals surface area contributed by atoms with Crippen LogP contribution in [0.1, 0.15) is 38.2 Å². The van der Waals surface area contributed by atoms with Crippen molar-refractivity contribution in [2.24, 2.45) is 5.92 Å². The van der Waals surface area contributed by atoms with E-state index in [0.717, 1.165) is 17.7 Å². The molecule has 0 unspecified atom stereocenters. The van der Waals surface area contributed by atoms with Crippen LogP contribution in [0.25, 0.3) is 0 Å². The SMILES string of the molecule is CC[C@H](C)c1ccccc1N1C[C@@H](C(=O)Nc2cc(OC)c(Cl)cc2OC)CC1=O. The lowest BCUT2D eigenvalue weighted by Gasteiger charge is -2.23. The van der Waals surface area contributed by atoms with Crippen molar-refractivity contribution in [2.45, 2.75) is 32.6 Å². The van der Waals surface area contributed by atoms with Crippen LogP contribution in [-0.4, -0.2) is 32.6 Å². The van der Waals surface area contributed by atoms with Gasteiger partial charge in [-0.2, -0.15) is 0 Å². The molecule has 3 rings (SSSR count). The van der Waals surface area contributed by atoms with Crippen molar-refractivity contribution in [1.82, 2.24) is 0 Å². The fourth-order valence-corrected chi connectivity index (χ4v) is 3.91. The van der Waals surface area contributed by atoms with E-state index in [1.54, 1.807) is 17.0 Å². The lowest BCUT2D eigenvalue weighted by molar-refractivity contribution is -0.122. The van der Waals surface area contributed by atoms with Crippen molar-refractivity contribution in [3.8, 4) is 11.5 Å². The number of carbonyl (C=O) groups excluding carboxylic acids is 2. The van der Waals surface area contributed by atoms with Crippen LogP contribution in [0.5, 0.6) is 11.5 Å². The standard InChI is InChI=1S/C23H27ClN2O4/c1-5-14(2)16-8-6-7-9-19(16)26-13-15(10-22(26)27)23(28)25-18-12-20(29-3)17(24)11-21(18)30-4/h6-9,11-12,14-15H,5,10,13H2,1-4H3,(H,25,28)/t14-,15-/m0/s1. The molecule has 1 heterocycles. The Hall–Kier alpha value is -2.73. The van der Waals surface area contributed by atoms with E-state index in [4.69, 9.17) is 21.1 Å². The Balaban J connectivity index is 1.80. The molecule has 1 aliphatic rings. The van der Waals surface area contributed by atoms with Crippen molar-refractivity contribution in [1.29, 1.82) is 0 Å². The molecule has 1 saturated heterocycles. The smallest absolute Gasteiger partial charge is 0.229 e. The number of carbonyl (C=O) groups is 2. The van der Waals surface area contributed by atoms with E-state index < -0.39 is 5.92 Å². The number of para-hydroxylation sites is 1. The van der Waals surface area contributed by atoms with Gasteiger partial charge in [0, 0.05) is 30.8 Å². The molecule has 30 heavy (non-hydrogen) atoms. The van der Waals surface area contributed by atoms with Crippen LogP contribution in [0, 0.1) is 5.92 Å². The Kier molecular flexibility index (Phi) is 6.87. The molecule has 0 radical (unpaired) electrons. The number of hydrogen-bond acceptors (Lipinski definition) is 4. The first-order chi connectivity index (χ1) is 14.4. The molecular weight excluding hydrogens is 404 g/mol. The van der Waals surface area contributed by atoms with Gasteiger partial charge >= 0.3 is 0 Å². The van der Waals surface area contributed by atoms with E-state index >= 15 is 0 Å². The highest BCUT2D eigenvalue weighted by molar-refractivity contribution is 6.32. The van der Waals surface area contributed by atoms with Crippen LogP contribution in [0.4, 0.5) is 11.4 Å². The van der Waals surface area contributed by atoms with E-state index in [0.29, 0.717) is 34.7 Å². The molecular formula is C23H27ClN2O4. The predicted molar refractivity (Wildman–Crippen MR) is 119 cm³/mol. The molecule has 2 aromatic rings. The van der Waals surface area contributed by atoms with Crippen molar-refractivity contribution in [3.05, 3.63) is 47.0 Å². The van der Waals surface area contributed by atoms with Crippen LogP contribution < -0.4 is 19.7 Å². The fraction of sp³-hybridized carbons (Fsp3) is 0.391. The zero-order valence-electron chi connectivity index (χ0n) is 17.7. The summed E-state index contributed by atoms with van der Waals surface area (Å²) in [6.07, 6.45) is 1.13. The van der Waals surface area contributed by atoms with Gasteiger partial charge in [0.2, 0.25) is 11.8 Å². The highest BCUT2D eigenvalue weighted by atomic mass is 35.5. The van der Waals surface area contributed by atoms with Gasteiger partial charge in [0.05, 0.1) is 30.8 Å². The minimum absolute atomic E-state index is 0.0495. The van der Waals surface area contributed by atoms with Crippen LogP contribution >= 0.6 is 11.6 Å². The second-order valence-electron chi connectivity index (χ2n) is 7.45. The van der Waals surface area contributed by atoms with Gasteiger partial charge in [0.1, 0.15) is 11.5 Å². The summed E-state index contributed by atoms with van der Waals surface area (Å²) in [5, 5.41) is 3.25. The third kappa shape index (κ3) is 4.38. The normalized spacial score (nSPS) is 17.0. The lowest BCUT2D eigenvalue weighted by atomic mass is 9.96. The molecule has 2 aromatic carbocycles. The maximum absolute atomic E-state index is 12.9. The number of nitrogens with one attached hydrogen (secondary N) is 1. The number of halogens is 1. The molecule has 2 atom stereocenters. The van der Waals surface area contributed by atoms with E-state index in [2.05, 4.69) is 25.2 Å². The molecule has 0 bridgehead atoms. The Morgan fingerprint density at radius 2 is 1.93 bits per heavy atom. The van der Waals surface area contributed by atoms with Crippen LogP contribution in [0.15, 0.2) is 36.4 Å². The molecule has 2 amide bonds. The highest BCUT2D eigenvalue weighted by Gasteiger charge is 2.36. The maximum atomic E-state index is 12.9. The molecule has 160 valence electrons. The van der Waals surface area contributed by atoms with Gasteiger partial charge in [0.25, 0.3) is 0 Å². The monoisotopic (exact) mass is 430 g/mol. The van der Waals surface area contributed by atoms with E-state index in [-0.39, 0.29) is 18.2 Å². The number of amides is 2. The molecule has 6 nitrogen and oxygen atoms in total. The number of ether oxygens (including phenoxy) is 2. The molecule has 1 fully saturated rings. The number of benzene rings is 2. The first kappa shape index (κ1) is 22.0. The van der Waals surface area contributed by atoms with Crippen LogP contribution in [0.2, 0.25) is 5.02 Å². The average Bonchev–Trinajstić information content (AvgIpc) is 3.15. The highest BCUT2D eigenvalue weighted by Crippen LogP contribution is 2.37. The van der Waals surface area contributed by atoms with Crippen molar-refractivity contribution in [3.63, 3.8) is 0 Å². The number of anilines is 2. The molecule has 1 aliphatic heterocycles. The number of nitrogens with zero attached hydrogens (tertiary/aromatic N) is 1. The topological polar surface area (TPSA) is 67.9 Å². The molecule has 1 N–H and O–H groups in total. The van der Waals surface area contributed by atoms with Gasteiger partial charge in [0.15, 0.2) is 0 Å². The number of hydrogen-bond donors (Lipinski definition) is 1. The Bertz CT molecular complexity index is 947. The summed E-state index contributed by atoms with van der Waals surface area (Å²) >= 11 is 6.13. The summed E-state index contributed by atoms with van der Waals surface area (Å²) in [4.78, 5) is 27.4. The fourth-order valence-electron chi connectivity index (χ4n) is 3.68. The quantitative estimate of drug-likeness (QED) is 0.680. The van der Waals surface area contributed by atoms with Gasteiger partial charge in [-0.05, 0) is 24.0 Å². The molecule has 0 aliphatic carbocycles. The third-order valence-corrected chi connectivity index (χ3v) is 5.89. The van der Waals surface area contributed by atoms with E-state index in [9.17, 15) is 9.59 Å². The summed E-state index contributed by atoms with van der Waals surface area (Å²) in [6, 6.07) is 11.1. The molecule has 7 heteroatoms. The third-order valence-electron chi connectivity index (χ3n) is 5.60. The number of rotatable bonds is 7. The van der Waals surface area contributed by atoms with Crippen molar-refractivity contribution in [2.75, 3.05) is 31.0 Å². The van der Waals surface area contributed by atoms with Crippen LogP contribution in [0.3, 0.4) is 0 Å². The molecule has 0 spiro atoms. The summed E-state index contributed by atoms with van der Waals surface area (Å²) in [5.74, 6) is 0.430. The van der Waals surface area contributed by atoms with E-state index in [1.807, 2.05) is 18.2 Å². The number of methoxy groups -OCH3 is 2. The average molecular weight is 431 g/mol. The van der Waals surface area contributed by atoms with Gasteiger partial charge in [-0.1, -0.05) is 43.6 Å². The van der Waals surface area contributed by atoms with Crippen molar-refractivity contribution >= 4 is 34.8 Å². The Morgan fingerprint density at radius 1 is 1.23 bits per heavy atom. The van der Waals surface area contributed by atoms with Crippen LogP contribution in [-0.2, 0) is 9.59 Å². The predicted octanol–water partition coefficient (Wildman–Crippen LogP) is 4.86. The second-order valence-corrected chi connectivity index (χ2v) is 7.86. The largest absolute Gasteiger partial charge is 0.495 e. The summed E-state index contributed by atoms with van der Waals surface area (Å²) < 4.78 is 10.6. The van der Waals surface area contributed by atoms with Gasteiger partial charge in [-0.3, -0.25) is 9.59 Å². The maximum Gasteiger partial charge on any atom is 0.229 e. The first-order valence-corrected chi connectivity index (χ1v) is 10.4. The Morgan fingerprint density at radius 3 is 2.60 bits per heavy atom. The van der Waals surface area contributed by atoms with Gasteiger partial charge in [-0.25, -0.2) is 0 Å².